The average Bonchev–Trinajstić information content (AvgIpc) is 3.34. The first-order valence-corrected chi connectivity index (χ1v) is 12.3. The maximum Gasteiger partial charge on any atom is 0.311 e. The summed E-state index contributed by atoms with van der Waals surface area (Å²) in [5, 5.41) is 30.6. The van der Waals surface area contributed by atoms with E-state index in [1.54, 1.807) is 17.4 Å². The molecule has 0 spiro atoms. The highest BCUT2D eigenvalue weighted by molar-refractivity contribution is 7.10. The van der Waals surface area contributed by atoms with Crippen LogP contribution in [0.5, 0.6) is 0 Å². The summed E-state index contributed by atoms with van der Waals surface area (Å²) in [6.07, 6.45) is 6.47. The van der Waals surface area contributed by atoms with E-state index in [0.717, 1.165) is 11.3 Å². The quantitative estimate of drug-likeness (QED) is 0.258. The zero-order valence-electron chi connectivity index (χ0n) is 18.7. The number of anilines is 3. The number of nitrogens with zero attached hydrogens (tertiary/aromatic N) is 3. The zero-order chi connectivity index (χ0) is 23.2. The van der Waals surface area contributed by atoms with Gasteiger partial charge in [0.05, 0.1) is 21.7 Å². The van der Waals surface area contributed by atoms with E-state index >= 15 is 0 Å². The van der Waals surface area contributed by atoms with Crippen LogP contribution in [0.4, 0.5) is 23.0 Å². The molecule has 0 saturated heterocycles. The Morgan fingerprint density at radius 3 is 2.61 bits per heavy atom. The summed E-state index contributed by atoms with van der Waals surface area (Å²) in [6.45, 7) is 2.21. The Kier molecular flexibility index (Phi) is 7.51. The van der Waals surface area contributed by atoms with Gasteiger partial charge in [0.15, 0.2) is 0 Å². The van der Waals surface area contributed by atoms with Crippen molar-refractivity contribution >= 4 is 34.3 Å². The number of aromatic nitrogens is 2. The molecule has 1 aliphatic carbocycles. The van der Waals surface area contributed by atoms with E-state index in [1.807, 2.05) is 31.2 Å². The fourth-order valence-electron chi connectivity index (χ4n) is 3.97. The third-order valence-corrected chi connectivity index (χ3v) is 6.99. The molecule has 174 valence electrons. The van der Waals surface area contributed by atoms with Gasteiger partial charge in [0.25, 0.3) is 0 Å². The molecule has 9 heteroatoms. The van der Waals surface area contributed by atoms with E-state index < -0.39 is 11.0 Å². The summed E-state index contributed by atoms with van der Waals surface area (Å²) in [5.41, 5.74) is 2.57. The highest BCUT2D eigenvalue weighted by Crippen LogP contribution is 2.36. The number of hydrogen-bond donors (Lipinski definition) is 3. The van der Waals surface area contributed by atoms with E-state index in [-0.39, 0.29) is 11.5 Å². The second-order valence-corrected chi connectivity index (χ2v) is 9.26. The van der Waals surface area contributed by atoms with Crippen LogP contribution >= 0.6 is 11.3 Å². The first-order chi connectivity index (χ1) is 16.0. The van der Waals surface area contributed by atoms with Crippen molar-refractivity contribution in [3.8, 4) is 11.3 Å². The SMILES string of the molecule is CCC(O)CNc1ccc([N+](=O)[O-])c(Nc2ccc(-c3csc(C4CCCCC4)n3)cc2)n1. The standard InChI is InChI=1S/C24H29N5O3S/c1-2-19(30)14-25-22-13-12-21(29(31)32)23(28-22)26-18-10-8-16(9-11-18)20-15-33-24(27-20)17-6-4-3-5-7-17/h8-13,15,17,19,30H,2-7,14H2,1H3,(H2,25,26,28). The molecule has 1 aliphatic rings. The molecule has 1 aromatic carbocycles. The third kappa shape index (κ3) is 5.85. The van der Waals surface area contributed by atoms with Crippen molar-refractivity contribution in [3.05, 3.63) is 56.9 Å². The first kappa shape index (κ1) is 23.1. The van der Waals surface area contributed by atoms with Gasteiger partial charge in [-0.15, -0.1) is 11.3 Å². The molecular weight excluding hydrogens is 438 g/mol. The predicted molar refractivity (Wildman–Crippen MR) is 132 cm³/mol. The van der Waals surface area contributed by atoms with Crippen molar-refractivity contribution in [1.82, 2.24) is 9.97 Å². The van der Waals surface area contributed by atoms with Crippen LogP contribution in [0, 0.1) is 10.1 Å². The number of pyridine rings is 1. The van der Waals surface area contributed by atoms with Crippen molar-refractivity contribution in [2.75, 3.05) is 17.2 Å². The molecule has 0 amide bonds. The minimum absolute atomic E-state index is 0.114. The van der Waals surface area contributed by atoms with Crippen LogP contribution in [0.25, 0.3) is 11.3 Å². The second kappa shape index (κ2) is 10.7. The molecular formula is C24H29N5O3S. The van der Waals surface area contributed by atoms with Gasteiger partial charge in [-0.25, -0.2) is 9.97 Å². The summed E-state index contributed by atoms with van der Waals surface area (Å²) < 4.78 is 0. The van der Waals surface area contributed by atoms with Crippen LogP contribution in [0.2, 0.25) is 0 Å². The van der Waals surface area contributed by atoms with Crippen LogP contribution in [-0.4, -0.2) is 32.6 Å². The number of nitro groups is 1. The van der Waals surface area contributed by atoms with E-state index in [4.69, 9.17) is 4.98 Å². The normalized spacial score (nSPS) is 15.2. The Bertz CT molecular complexity index is 1080. The Hall–Kier alpha value is -3.04. The largest absolute Gasteiger partial charge is 0.391 e. The lowest BCUT2D eigenvalue weighted by Crippen LogP contribution is -2.19. The van der Waals surface area contributed by atoms with E-state index in [0.29, 0.717) is 30.4 Å². The van der Waals surface area contributed by atoms with Gasteiger partial charge in [-0.3, -0.25) is 10.1 Å². The van der Waals surface area contributed by atoms with Gasteiger partial charge in [0.2, 0.25) is 5.82 Å². The molecule has 1 unspecified atom stereocenters. The number of aliphatic hydroxyl groups excluding tert-OH is 1. The van der Waals surface area contributed by atoms with Crippen molar-refractivity contribution in [3.63, 3.8) is 0 Å². The highest BCUT2D eigenvalue weighted by atomic mass is 32.1. The number of nitrogens with one attached hydrogen (secondary N) is 2. The molecule has 3 aromatic rings. The maximum atomic E-state index is 11.5. The molecule has 1 saturated carbocycles. The van der Waals surface area contributed by atoms with Crippen LogP contribution < -0.4 is 10.6 Å². The van der Waals surface area contributed by atoms with Crippen LogP contribution in [0.1, 0.15) is 56.4 Å². The average molecular weight is 468 g/mol. The van der Waals surface area contributed by atoms with Crippen molar-refractivity contribution in [2.24, 2.45) is 0 Å². The first-order valence-electron chi connectivity index (χ1n) is 11.4. The maximum absolute atomic E-state index is 11.5. The van der Waals surface area contributed by atoms with Gasteiger partial charge in [0, 0.05) is 35.2 Å². The predicted octanol–water partition coefficient (Wildman–Crippen LogP) is 6.09. The lowest BCUT2D eigenvalue weighted by Gasteiger charge is -2.18. The minimum Gasteiger partial charge on any atom is -0.391 e. The summed E-state index contributed by atoms with van der Waals surface area (Å²) >= 11 is 1.74. The molecule has 33 heavy (non-hydrogen) atoms. The monoisotopic (exact) mass is 467 g/mol. The Morgan fingerprint density at radius 1 is 1.15 bits per heavy atom. The molecule has 2 aromatic heterocycles. The summed E-state index contributed by atoms with van der Waals surface area (Å²) in [6, 6.07) is 10.6. The summed E-state index contributed by atoms with van der Waals surface area (Å²) in [5.74, 6) is 1.20. The minimum atomic E-state index is -0.504. The molecule has 1 atom stereocenters. The molecule has 4 rings (SSSR count). The smallest absolute Gasteiger partial charge is 0.311 e. The molecule has 3 N–H and O–H groups in total. The lowest BCUT2D eigenvalue weighted by molar-refractivity contribution is -0.384. The van der Waals surface area contributed by atoms with Gasteiger partial charge in [-0.1, -0.05) is 38.3 Å². The molecule has 1 fully saturated rings. The van der Waals surface area contributed by atoms with Crippen molar-refractivity contribution < 1.29 is 10.0 Å². The number of thiazole rings is 1. The Balaban J connectivity index is 1.48. The topological polar surface area (TPSA) is 113 Å². The fraction of sp³-hybridized carbons (Fsp3) is 0.417. The van der Waals surface area contributed by atoms with E-state index in [1.165, 1.54) is 43.2 Å². The van der Waals surface area contributed by atoms with Crippen LogP contribution in [-0.2, 0) is 0 Å². The van der Waals surface area contributed by atoms with E-state index in [2.05, 4.69) is 21.0 Å². The lowest BCUT2D eigenvalue weighted by atomic mass is 9.90. The van der Waals surface area contributed by atoms with Gasteiger partial charge in [0.1, 0.15) is 5.82 Å². The van der Waals surface area contributed by atoms with Gasteiger partial charge < -0.3 is 15.7 Å². The number of aliphatic hydroxyl groups is 1. The summed E-state index contributed by atoms with van der Waals surface area (Å²) in [7, 11) is 0. The molecule has 2 heterocycles. The molecule has 0 radical (unpaired) electrons. The van der Waals surface area contributed by atoms with Gasteiger partial charge >= 0.3 is 5.69 Å². The van der Waals surface area contributed by atoms with Crippen LogP contribution in [0.3, 0.4) is 0 Å². The zero-order valence-corrected chi connectivity index (χ0v) is 19.5. The Labute approximate surface area is 197 Å². The third-order valence-electron chi connectivity index (χ3n) is 5.98. The number of rotatable bonds is 9. The van der Waals surface area contributed by atoms with Crippen molar-refractivity contribution in [1.29, 1.82) is 0 Å². The Morgan fingerprint density at radius 2 is 1.91 bits per heavy atom. The summed E-state index contributed by atoms with van der Waals surface area (Å²) in [4.78, 5) is 20.2. The van der Waals surface area contributed by atoms with Gasteiger partial charge in [-0.05, 0) is 37.5 Å². The van der Waals surface area contributed by atoms with Gasteiger partial charge in [-0.2, -0.15) is 0 Å². The molecule has 0 bridgehead atoms. The fourth-order valence-corrected chi connectivity index (χ4v) is 4.97. The van der Waals surface area contributed by atoms with E-state index in [9.17, 15) is 15.2 Å². The van der Waals surface area contributed by atoms with Crippen LogP contribution in [0.15, 0.2) is 41.8 Å². The highest BCUT2D eigenvalue weighted by Gasteiger charge is 2.19. The number of hydrogen-bond acceptors (Lipinski definition) is 8. The second-order valence-electron chi connectivity index (χ2n) is 8.37. The van der Waals surface area contributed by atoms with Crippen molar-refractivity contribution in [2.45, 2.75) is 57.5 Å². The number of benzene rings is 1. The molecule has 0 aliphatic heterocycles. The molecule has 8 nitrogen and oxygen atoms in total.